The smallest absolute Gasteiger partial charge is 0.342 e. The zero-order chi connectivity index (χ0) is 19.5. The molecule has 0 radical (unpaired) electrons. The van der Waals surface area contributed by atoms with E-state index in [9.17, 15) is 23.1 Å². The first-order chi connectivity index (χ1) is 12.1. The molecular weight excluding hydrogens is 382 g/mol. The summed E-state index contributed by atoms with van der Waals surface area (Å²) in [5.74, 6) is -1.68. The predicted molar refractivity (Wildman–Crippen MR) is 97.2 cm³/mol. The summed E-state index contributed by atoms with van der Waals surface area (Å²) >= 11 is 5.78. The summed E-state index contributed by atoms with van der Waals surface area (Å²) in [5, 5.41) is 9.94. The zero-order valence-electron chi connectivity index (χ0n) is 13.9. The summed E-state index contributed by atoms with van der Waals surface area (Å²) in [5.41, 5.74) is 0.391. The van der Waals surface area contributed by atoms with Gasteiger partial charge in [-0.15, -0.1) is 0 Å². The second-order valence-corrected chi connectivity index (χ2v) is 7.71. The Labute approximate surface area is 155 Å². The lowest BCUT2D eigenvalue weighted by molar-refractivity contribution is 0.0316. The number of ether oxygens (including phenoxy) is 1. The lowest BCUT2D eigenvalue weighted by atomic mass is 10.1. The van der Waals surface area contributed by atoms with Crippen LogP contribution >= 0.6 is 11.6 Å². The SMILES string of the molecule is CC(OC(=O)c1cc(Cl)ccc1O)C(=O)c1ccc(NS(C)(=O)=O)cc1. The van der Waals surface area contributed by atoms with Crippen LogP contribution in [0.5, 0.6) is 5.75 Å². The molecule has 0 aliphatic heterocycles. The van der Waals surface area contributed by atoms with Crippen LogP contribution in [0.2, 0.25) is 5.02 Å². The molecule has 1 unspecified atom stereocenters. The molecular formula is C17H16ClNO6S. The molecule has 0 saturated carbocycles. The van der Waals surface area contributed by atoms with Crippen LogP contribution in [-0.2, 0) is 14.8 Å². The third-order valence-electron chi connectivity index (χ3n) is 3.30. The van der Waals surface area contributed by atoms with E-state index < -0.39 is 27.9 Å². The van der Waals surface area contributed by atoms with Crippen molar-refractivity contribution in [1.29, 1.82) is 0 Å². The molecule has 0 fully saturated rings. The molecule has 9 heteroatoms. The summed E-state index contributed by atoms with van der Waals surface area (Å²) in [4.78, 5) is 24.5. The van der Waals surface area contributed by atoms with Crippen LogP contribution in [0.1, 0.15) is 27.6 Å². The lowest BCUT2D eigenvalue weighted by Crippen LogP contribution is -2.24. The number of hydrogen-bond acceptors (Lipinski definition) is 6. The van der Waals surface area contributed by atoms with E-state index in [1.807, 2.05) is 0 Å². The van der Waals surface area contributed by atoms with Gasteiger partial charge in [0.1, 0.15) is 11.3 Å². The van der Waals surface area contributed by atoms with Crippen molar-refractivity contribution in [2.24, 2.45) is 0 Å². The van der Waals surface area contributed by atoms with Crippen LogP contribution in [-0.4, -0.2) is 37.6 Å². The number of hydrogen-bond donors (Lipinski definition) is 2. The molecule has 0 bridgehead atoms. The van der Waals surface area contributed by atoms with Gasteiger partial charge in [0.2, 0.25) is 15.8 Å². The maximum absolute atomic E-state index is 12.4. The molecule has 2 rings (SSSR count). The summed E-state index contributed by atoms with van der Waals surface area (Å²) in [6, 6.07) is 9.57. The standard InChI is InChI=1S/C17H16ClNO6S/c1-10(25-17(22)14-9-12(18)5-8-15(14)20)16(21)11-3-6-13(7-4-11)19-26(2,23)24/h3-10,19-20H,1-2H3. The van der Waals surface area contributed by atoms with E-state index >= 15 is 0 Å². The number of phenols is 1. The Bertz CT molecular complexity index is 940. The number of carbonyl (C=O) groups excluding carboxylic acids is 2. The molecule has 0 aliphatic rings. The highest BCUT2D eigenvalue weighted by Crippen LogP contribution is 2.23. The number of benzene rings is 2. The van der Waals surface area contributed by atoms with E-state index in [1.54, 1.807) is 0 Å². The molecule has 7 nitrogen and oxygen atoms in total. The minimum absolute atomic E-state index is 0.148. The van der Waals surface area contributed by atoms with Gasteiger partial charge >= 0.3 is 5.97 Å². The first-order valence-corrected chi connectivity index (χ1v) is 9.65. The zero-order valence-corrected chi connectivity index (χ0v) is 15.5. The number of anilines is 1. The number of esters is 1. The van der Waals surface area contributed by atoms with E-state index in [4.69, 9.17) is 16.3 Å². The fraction of sp³-hybridized carbons (Fsp3) is 0.176. The molecule has 0 spiro atoms. The number of carbonyl (C=O) groups is 2. The molecule has 1 atom stereocenters. The summed E-state index contributed by atoms with van der Waals surface area (Å²) in [6.07, 6.45) is -0.103. The van der Waals surface area contributed by atoms with Gasteiger partial charge in [0.15, 0.2) is 6.10 Å². The highest BCUT2D eigenvalue weighted by molar-refractivity contribution is 7.92. The Morgan fingerprint density at radius 1 is 1.15 bits per heavy atom. The van der Waals surface area contributed by atoms with E-state index in [0.29, 0.717) is 5.69 Å². The fourth-order valence-corrected chi connectivity index (χ4v) is 2.84. The lowest BCUT2D eigenvalue weighted by Gasteiger charge is -2.13. The van der Waals surface area contributed by atoms with Gasteiger partial charge in [0.05, 0.1) is 6.26 Å². The van der Waals surface area contributed by atoms with Gasteiger partial charge in [0, 0.05) is 16.3 Å². The number of aromatic hydroxyl groups is 1. The Morgan fingerprint density at radius 2 is 1.77 bits per heavy atom. The van der Waals surface area contributed by atoms with Crippen LogP contribution in [0.3, 0.4) is 0 Å². The van der Waals surface area contributed by atoms with Gasteiger partial charge in [0.25, 0.3) is 0 Å². The first-order valence-electron chi connectivity index (χ1n) is 7.38. The maximum Gasteiger partial charge on any atom is 0.342 e. The molecule has 2 aromatic carbocycles. The predicted octanol–water partition coefficient (Wildman–Crippen LogP) is 2.85. The van der Waals surface area contributed by atoms with E-state index in [0.717, 1.165) is 6.26 Å². The van der Waals surface area contributed by atoms with Crippen molar-refractivity contribution < 1.29 is 27.9 Å². The second kappa shape index (κ2) is 7.76. The second-order valence-electron chi connectivity index (χ2n) is 5.52. The van der Waals surface area contributed by atoms with Crippen molar-refractivity contribution in [3.63, 3.8) is 0 Å². The van der Waals surface area contributed by atoms with Crippen molar-refractivity contribution in [1.82, 2.24) is 0 Å². The van der Waals surface area contributed by atoms with Crippen LogP contribution in [0.25, 0.3) is 0 Å². The molecule has 26 heavy (non-hydrogen) atoms. The summed E-state index contributed by atoms with van der Waals surface area (Å²) in [6.45, 7) is 1.39. The van der Waals surface area contributed by atoms with Crippen molar-refractivity contribution >= 4 is 39.1 Å². The Hall–Kier alpha value is -2.58. The van der Waals surface area contributed by atoms with Crippen LogP contribution < -0.4 is 4.72 Å². The Balaban J connectivity index is 2.09. The molecule has 138 valence electrons. The first kappa shape index (κ1) is 19.7. The van der Waals surface area contributed by atoms with Gasteiger partial charge in [-0.3, -0.25) is 9.52 Å². The monoisotopic (exact) mass is 397 g/mol. The number of nitrogens with one attached hydrogen (secondary N) is 1. The van der Waals surface area contributed by atoms with Crippen LogP contribution in [0.15, 0.2) is 42.5 Å². The third kappa shape index (κ3) is 5.21. The number of rotatable bonds is 6. The average Bonchev–Trinajstić information content (AvgIpc) is 2.55. The van der Waals surface area contributed by atoms with Crippen LogP contribution in [0.4, 0.5) is 5.69 Å². The van der Waals surface area contributed by atoms with Gasteiger partial charge < -0.3 is 9.84 Å². The maximum atomic E-state index is 12.4. The third-order valence-corrected chi connectivity index (χ3v) is 4.15. The molecule has 0 saturated heterocycles. The molecule has 0 heterocycles. The normalized spacial score (nSPS) is 12.3. The van der Waals surface area contributed by atoms with Crippen molar-refractivity contribution in [3.8, 4) is 5.75 Å². The average molecular weight is 398 g/mol. The van der Waals surface area contributed by atoms with Gasteiger partial charge in [-0.05, 0) is 49.4 Å². The number of sulfonamides is 1. The van der Waals surface area contributed by atoms with Crippen molar-refractivity contribution in [2.45, 2.75) is 13.0 Å². The summed E-state index contributed by atoms with van der Waals surface area (Å²) < 4.78 is 29.7. The highest BCUT2D eigenvalue weighted by Gasteiger charge is 2.22. The Morgan fingerprint density at radius 3 is 2.35 bits per heavy atom. The fourth-order valence-electron chi connectivity index (χ4n) is 2.10. The van der Waals surface area contributed by atoms with Gasteiger partial charge in [-0.25, -0.2) is 13.2 Å². The highest BCUT2D eigenvalue weighted by atomic mass is 35.5. The minimum atomic E-state index is -3.42. The summed E-state index contributed by atoms with van der Waals surface area (Å²) in [7, 11) is -3.42. The number of ketones is 1. The number of Topliss-reactive ketones (excluding diaryl/α,β-unsaturated/α-hetero) is 1. The van der Waals surface area contributed by atoms with E-state index in [2.05, 4.69) is 4.72 Å². The molecule has 0 aromatic heterocycles. The van der Waals surface area contributed by atoms with E-state index in [1.165, 1.54) is 49.4 Å². The van der Waals surface area contributed by atoms with Gasteiger partial charge in [-0.1, -0.05) is 11.6 Å². The number of phenolic OH excluding ortho intramolecular Hbond substituents is 1. The quantitative estimate of drug-likeness (QED) is 0.573. The molecule has 0 aliphatic carbocycles. The largest absolute Gasteiger partial charge is 0.507 e. The van der Waals surface area contributed by atoms with Crippen molar-refractivity contribution in [2.75, 3.05) is 11.0 Å². The Kier molecular flexibility index (Phi) is 5.89. The molecule has 2 aromatic rings. The topological polar surface area (TPSA) is 110 Å². The van der Waals surface area contributed by atoms with Crippen molar-refractivity contribution in [3.05, 3.63) is 58.6 Å². The molecule has 2 N–H and O–H groups in total. The van der Waals surface area contributed by atoms with Gasteiger partial charge in [-0.2, -0.15) is 0 Å². The van der Waals surface area contributed by atoms with Crippen LogP contribution in [0, 0.1) is 0 Å². The molecule has 0 amide bonds. The van der Waals surface area contributed by atoms with E-state index in [-0.39, 0.29) is 21.9 Å². The minimum Gasteiger partial charge on any atom is -0.507 e. The number of halogens is 1.